The quantitative estimate of drug-likeness (QED) is 0.573. The monoisotopic (exact) mass is 400 g/mol. The summed E-state index contributed by atoms with van der Waals surface area (Å²) >= 11 is 5.20. The maximum atomic E-state index is 12.3. The second kappa shape index (κ2) is 9.30. The molecule has 3 rings (SSSR count). The van der Waals surface area contributed by atoms with Crippen molar-refractivity contribution in [3.05, 3.63) is 56.6 Å². The fraction of sp³-hybridized carbons (Fsp3) is 0.476. The average Bonchev–Trinajstić information content (AvgIpc) is 2.69. The first-order valence-electron chi connectivity index (χ1n) is 9.86. The van der Waals surface area contributed by atoms with Gasteiger partial charge in [-0.25, -0.2) is 0 Å². The van der Waals surface area contributed by atoms with Crippen LogP contribution in [0.2, 0.25) is 0 Å². The highest BCUT2D eigenvalue weighted by molar-refractivity contribution is 7.71. The zero-order valence-electron chi connectivity index (χ0n) is 16.5. The van der Waals surface area contributed by atoms with E-state index in [2.05, 4.69) is 39.1 Å². The van der Waals surface area contributed by atoms with Gasteiger partial charge in [-0.05, 0) is 44.0 Å². The van der Waals surface area contributed by atoms with E-state index in [1.807, 2.05) is 19.9 Å². The highest BCUT2D eigenvalue weighted by Crippen LogP contribution is 2.21. The van der Waals surface area contributed by atoms with Gasteiger partial charge in [-0.15, -0.1) is 0 Å². The first kappa shape index (κ1) is 20.5. The number of nitrogens with zero attached hydrogens (tertiary/aromatic N) is 3. The number of aromatic hydroxyl groups is 1. The molecule has 0 amide bonds. The lowest BCUT2D eigenvalue weighted by Crippen LogP contribution is -2.34. The van der Waals surface area contributed by atoms with Crippen molar-refractivity contribution in [2.45, 2.75) is 51.7 Å². The molecule has 1 saturated heterocycles. The zero-order chi connectivity index (χ0) is 20.1. The third-order valence-corrected chi connectivity index (χ3v) is 5.70. The summed E-state index contributed by atoms with van der Waals surface area (Å²) in [6.07, 6.45) is 4.18. The van der Waals surface area contributed by atoms with Gasteiger partial charge in [0.2, 0.25) is 5.88 Å². The van der Waals surface area contributed by atoms with Gasteiger partial charge >= 0.3 is 0 Å². The molecule has 0 spiro atoms. The Morgan fingerprint density at radius 3 is 2.64 bits per heavy atom. The minimum atomic E-state index is -0.396. The molecule has 6 nitrogen and oxygen atoms in total. The van der Waals surface area contributed by atoms with E-state index in [0.717, 1.165) is 38.9 Å². The molecule has 28 heavy (non-hydrogen) atoms. The number of aromatic amines is 1. The van der Waals surface area contributed by atoms with Crippen LogP contribution in [0.3, 0.4) is 0 Å². The fourth-order valence-corrected chi connectivity index (χ4v) is 3.87. The second-order valence-electron chi connectivity index (χ2n) is 7.39. The standard InChI is InChI=1S/C21H28N4O2S/c1-3-15(2)25-20(27)18(19(26)23-21(25)28)13-22-17-9-11-24(12-10-17)14-16-7-5-4-6-8-16/h4-8,13,15,17,27H,3,9-12,14H2,1-2H3,(H,23,26,28)/t15-/m1/s1. The van der Waals surface area contributed by atoms with E-state index in [1.54, 1.807) is 4.57 Å². The number of aliphatic imine (C=N–C) groups is 1. The topological polar surface area (TPSA) is 73.6 Å². The zero-order valence-corrected chi connectivity index (χ0v) is 17.3. The van der Waals surface area contributed by atoms with Gasteiger partial charge in [-0.2, -0.15) is 0 Å². The number of benzene rings is 1. The van der Waals surface area contributed by atoms with Gasteiger partial charge in [0, 0.05) is 31.9 Å². The first-order chi connectivity index (χ1) is 13.5. The molecule has 1 aromatic heterocycles. The molecule has 2 aromatic rings. The summed E-state index contributed by atoms with van der Waals surface area (Å²) in [5.41, 5.74) is 1.10. The van der Waals surface area contributed by atoms with Gasteiger partial charge in [0.1, 0.15) is 5.56 Å². The first-order valence-corrected chi connectivity index (χ1v) is 10.3. The van der Waals surface area contributed by atoms with E-state index >= 15 is 0 Å². The molecule has 2 heterocycles. The van der Waals surface area contributed by atoms with E-state index in [-0.39, 0.29) is 28.3 Å². The summed E-state index contributed by atoms with van der Waals surface area (Å²) in [5, 5.41) is 10.6. The van der Waals surface area contributed by atoms with Crippen molar-refractivity contribution in [3.63, 3.8) is 0 Å². The minimum Gasteiger partial charge on any atom is -0.494 e. The molecular formula is C21H28N4O2S. The summed E-state index contributed by atoms with van der Waals surface area (Å²) < 4.78 is 1.82. The van der Waals surface area contributed by atoms with Gasteiger partial charge in [0.25, 0.3) is 5.56 Å². The van der Waals surface area contributed by atoms with E-state index in [1.165, 1.54) is 11.8 Å². The van der Waals surface area contributed by atoms with Crippen LogP contribution in [-0.4, -0.2) is 44.9 Å². The van der Waals surface area contributed by atoms with Crippen molar-refractivity contribution in [1.82, 2.24) is 14.5 Å². The van der Waals surface area contributed by atoms with E-state index < -0.39 is 5.56 Å². The van der Waals surface area contributed by atoms with E-state index in [0.29, 0.717) is 0 Å². The Hall–Kier alpha value is -2.25. The molecular weight excluding hydrogens is 372 g/mol. The second-order valence-corrected chi connectivity index (χ2v) is 7.78. The summed E-state index contributed by atoms with van der Waals surface area (Å²) in [6, 6.07) is 10.6. The lowest BCUT2D eigenvalue weighted by molar-refractivity contribution is 0.206. The summed E-state index contributed by atoms with van der Waals surface area (Å²) in [7, 11) is 0. The van der Waals surface area contributed by atoms with Gasteiger partial charge in [-0.3, -0.25) is 24.2 Å². The predicted molar refractivity (Wildman–Crippen MR) is 115 cm³/mol. The molecule has 1 fully saturated rings. The molecule has 1 atom stereocenters. The number of hydrogen-bond donors (Lipinski definition) is 2. The van der Waals surface area contributed by atoms with Crippen molar-refractivity contribution in [2.24, 2.45) is 4.99 Å². The highest BCUT2D eigenvalue weighted by Gasteiger charge is 2.19. The van der Waals surface area contributed by atoms with E-state index in [9.17, 15) is 9.90 Å². The predicted octanol–water partition coefficient (Wildman–Crippen LogP) is 3.67. The van der Waals surface area contributed by atoms with Crippen LogP contribution in [0.15, 0.2) is 40.1 Å². The Morgan fingerprint density at radius 2 is 2.00 bits per heavy atom. The SMILES string of the molecule is CC[C@@H](C)n1c(O)c(C=NC2CCN(Cc3ccccc3)CC2)c(=O)[nH]c1=S. The molecule has 7 heteroatoms. The molecule has 0 bridgehead atoms. The third kappa shape index (κ3) is 4.77. The summed E-state index contributed by atoms with van der Waals surface area (Å²) in [5.74, 6) is -0.103. The largest absolute Gasteiger partial charge is 0.494 e. The molecule has 0 saturated carbocycles. The Morgan fingerprint density at radius 1 is 1.32 bits per heavy atom. The normalized spacial score (nSPS) is 17.2. The number of hydrogen-bond acceptors (Lipinski definition) is 5. The highest BCUT2D eigenvalue weighted by atomic mass is 32.1. The van der Waals surface area contributed by atoms with Crippen LogP contribution in [-0.2, 0) is 6.54 Å². The van der Waals surface area contributed by atoms with Crippen molar-refractivity contribution >= 4 is 18.4 Å². The Labute approximate surface area is 170 Å². The van der Waals surface area contributed by atoms with Gasteiger partial charge in [0.15, 0.2) is 4.77 Å². The molecule has 1 aromatic carbocycles. The summed E-state index contributed by atoms with van der Waals surface area (Å²) in [4.78, 5) is 21.9. The van der Waals surface area contributed by atoms with Gasteiger partial charge in [-0.1, -0.05) is 37.3 Å². The van der Waals surface area contributed by atoms with Crippen LogP contribution in [0, 0.1) is 4.77 Å². The van der Waals surface area contributed by atoms with Crippen molar-refractivity contribution in [1.29, 1.82) is 0 Å². The Balaban J connectivity index is 1.67. The summed E-state index contributed by atoms with van der Waals surface area (Å²) in [6.45, 7) is 6.85. The van der Waals surface area contributed by atoms with Crippen LogP contribution in [0.5, 0.6) is 5.88 Å². The number of nitrogens with one attached hydrogen (secondary N) is 1. The maximum Gasteiger partial charge on any atom is 0.264 e. The smallest absolute Gasteiger partial charge is 0.264 e. The van der Waals surface area contributed by atoms with E-state index in [4.69, 9.17) is 12.2 Å². The molecule has 0 aliphatic carbocycles. The van der Waals surface area contributed by atoms with Crippen molar-refractivity contribution in [3.8, 4) is 5.88 Å². The maximum absolute atomic E-state index is 12.3. The number of aromatic nitrogens is 2. The Bertz CT molecular complexity index is 928. The fourth-order valence-electron chi connectivity index (χ4n) is 3.51. The third-order valence-electron chi connectivity index (χ3n) is 5.41. The molecule has 0 radical (unpaired) electrons. The number of rotatable bonds is 6. The van der Waals surface area contributed by atoms with Crippen molar-refractivity contribution < 1.29 is 5.11 Å². The van der Waals surface area contributed by atoms with Crippen LogP contribution in [0.1, 0.15) is 50.3 Å². The van der Waals surface area contributed by atoms with Crippen LogP contribution < -0.4 is 5.56 Å². The molecule has 1 aliphatic rings. The van der Waals surface area contributed by atoms with Crippen molar-refractivity contribution in [2.75, 3.05) is 13.1 Å². The van der Waals surface area contributed by atoms with Crippen LogP contribution >= 0.6 is 12.2 Å². The van der Waals surface area contributed by atoms with Gasteiger partial charge in [0.05, 0.1) is 6.04 Å². The number of piperidine rings is 1. The molecule has 1 aliphatic heterocycles. The molecule has 0 unspecified atom stereocenters. The lowest BCUT2D eigenvalue weighted by atomic mass is 10.0. The number of likely N-dealkylation sites (tertiary alicyclic amines) is 1. The molecule has 2 N–H and O–H groups in total. The molecule has 150 valence electrons. The minimum absolute atomic E-state index is 0.00211. The van der Waals surface area contributed by atoms with Crippen LogP contribution in [0.25, 0.3) is 0 Å². The van der Waals surface area contributed by atoms with Crippen LogP contribution in [0.4, 0.5) is 0 Å². The number of H-pyrrole nitrogens is 1. The van der Waals surface area contributed by atoms with Gasteiger partial charge < -0.3 is 5.11 Å². The Kier molecular flexibility index (Phi) is 6.80. The average molecular weight is 401 g/mol. The lowest BCUT2D eigenvalue weighted by Gasteiger charge is -2.30.